The van der Waals surface area contributed by atoms with Crippen molar-refractivity contribution in [3.05, 3.63) is 89.0 Å². The van der Waals surface area contributed by atoms with Gasteiger partial charge in [0.05, 0.1) is 31.4 Å². The molecule has 70 heavy (non-hydrogen) atoms. The third kappa shape index (κ3) is 10.6. The van der Waals surface area contributed by atoms with E-state index in [1.807, 2.05) is 6.92 Å². The van der Waals surface area contributed by atoms with Crippen molar-refractivity contribution in [2.45, 2.75) is 87.6 Å². The van der Waals surface area contributed by atoms with Crippen LogP contribution in [0.2, 0.25) is 0 Å². The molecule has 3 fully saturated rings. The molecule has 9 rings (SSSR count). The van der Waals surface area contributed by atoms with Crippen LogP contribution in [-0.2, 0) is 47.5 Å². The van der Waals surface area contributed by atoms with Gasteiger partial charge in [0.15, 0.2) is 47.4 Å². The number of fused-ring (bicyclic) bond motifs is 5. The van der Waals surface area contributed by atoms with Gasteiger partial charge in [0.2, 0.25) is 5.95 Å². The Kier molecular flexibility index (Phi) is 14.5. The predicted molar refractivity (Wildman–Crippen MR) is 243 cm³/mol. The van der Waals surface area contributed by atoms with E-state index in [0.717, 1.165) is 41.4 Å². The number of hydrogen-bond donors (Lipinski definition) is 4. The minimum absolute atomic E-state index is 0.00226. The van der Waals surface area contributed by atoms with E-state index in [0.29, 0.717) is 12.0 Å². The molecular weight excluding hydrogens is 989 g/mol. The van der Waals surface area contributed by atoms with Gasteiger partial charge >= 0.3 is 19.8 Å². The molecule has 2 aromatic carbocycles. The van der Waals surface area contributed by atoms with Gasteiger partial charge < -0.3 is 44.6 Å². The molecule has 4 aromatic heterocycles. The number of nitrogens with zero attached hydrogens (tertiary/aromatic N) is 7. The average Bonchev–Trinajstić information content (AvgIpc) is 4.10. The Hall–Kier alpha value is -5.73. The van der Waals surface area contributed by atoms with Gasteiger partial charge in [-0.3, -0.25) is 37.3 Å². The van der Waals surface area contributed by atoms with Crippen LogP contribution in [0.4, 0.5) is 20.5 Å². The zero-order valence-electron chi connectivity index (χ0n) is 36.7. The van der Waals surface area contributed by atoms with E-state index in [2.05, 4.69) is 29.9 Å². The van der Waals surface area contributed by atoms with Crippen molar-refractivity contribution in [3.8, 4) is 11.5 Å². The van der Waals surface area contributed by atoms with Crippen molar-refractivity contribution in [3.63, 3.8) is 0 Å². The summed E-state index contributed by atoms with van der Waals surface area (Å²) in [5.41, 5.74) is 11.5. The number of H-pyrrole nitrogens is 1. The summed E-state index contributed by atoms with van der Waals surface area (Å²) in [6.07, 6.45) is -8.87. The molecule has 3 saturated heterocycles. The highest BCUT2D eigenvalue weighted by atomic mass is 32.7. The lowest BCUT2D eigenvalue weighted by molar-refractivity contribution is -0.134. The van der Waals surface area contributed by atoms with Gasteiger partial charge in [-0.25, -0.2) is 38.1 Å². The van der Waals surface area contributed by atoms with Gasteiger partial charge in [0.1, 0.15) is 54.1 Å². The van der Waals surface area contributed by atoms with Gasteiger partial charge in [0.25, 0.3) is 12.1 Å². The van der Waals surface area contributed by atoms with Crippen LogP contribution < -0.4 is 26.5 Å². The number of rotatable bonds is 12. The van der Waals surface area contributed by atoms with Gasteiger partial charge in [-0.15, -0.1) is 0 Å². The van der Waals surface area contributed by atoms with Crippen molar-refractivity contribution in [1.29, 1.82) is 0 Å². The third-order valence-electron chi connectivity index (χ3n) is 11.3. The number of carbonyl (C=O) groups is 2. The number of anilines is 2. The Labute approximate surface area is 398 Å². The summed E-state index contributed by atoms with van der Waals surface area (Å²) in [5, 5.41) is 0. The van der Waals surface area contributed by atoms with Crippen LogP contribution >= 0.6 is 25.8 Å². The summed E-state index contributed by atoms with van der Waals surface area (Å²) in [6.45, 7) is -3.81. The largest absolute Gasteiger partial charge is 0.472 e. The number of nitrogens with one attached hydrogen (secondary N) is 1. The first kappa shape index (κ1) is 49.3. The molecule has 6 aromatic rings. The molecule has 372 valence electrons. The lowest BCUT2D eigenvalue weighted by Crippen LogP contribution is -2.36. The zero-order valence-corrected chi connectivity index (χ0v) is 39.3. The van der Waals surface area contributed by atoms with Crippen molar-refractivity contribution in [1.82, 2.24) is 39.0 Å². The molecule has 10 atom stereocenters. The van der Waals surface area contributed by atoms with E-state index in [4.69, 9.17) is 48.7 Å². The molecule has 3 aliphatic rings. The van der Waals surface area contributed by atoms with Crippen molar-refractivity contribution >= 4 is 71.8 Å². The number of ether oxygens (including phenoxy) is 5. The molecule has 7 heterocycles. The fraction of sp³-hybridized carbons (Fsp3) is 0.415. The van der Waals surface area contributed by atoms with Crippen LogP contribution in [0.25, 0.3) is 22.3 Å². The summed E-state index contributed by atoms with van der Waals surface area (Å²) in [6, 6.07) is 12.1. The van der Waals surface area contributed by atoms with E-state index in [-0.39, 0.29) is 69.3 Å². The first-order valence-electron chi connectivity index (χ1n) is 21.6. The number of aromatic nitrogens is 8. The standard InChI is InChI=1S/C41H44F2N10O14P2S/c1-2-3-4-5-27(54)63-23-12-8-22(9-13-23)40(56)64-24-10-6-21(7-11-24)16-70-68(57)20-60-32-26(66-38(29(32)43)52-18-48-30-34(44)46-17-47-35(30)52)15-62-69(58,59)67-33-28(42)25(14-61-68)65-39(33)53-19-49-31-36(53)50-41(45)51-37(31)55/h6-13,17-19,25-26,28-29,32-33,38-39H,2-5,14-16,20H2,1H3,(H,58,59)(H2,44,46,47)(H3,45,50,51,55)/t25?,26-,28-,29-,32-,33-,38-,39-,68?/m1/s1. The van der Waals surface area contributed by atoms with Gasteiger partial charge in [-0.1, -0.05) is 43.3 Å². The third-order valence-corrected chi connectivity index (χ3v) is 16.4. The fourth-order valence-corrected chi connectivity index (χ4v) is 12.0. The van der Waals surface area contributed by atoms with Crippen molar-refractivity contribution in [2.75, 3.05) is 31.0 Å². The topological polar surface area (TPSA) is 322 Å². The minimum Gasteiger partial charge on any atom is -0.427 e. The lowest BCUT2D eigenvalue weighted by atomic mass is 10.1. The Bertz CT molecular complexity index is 3040. The number of phosphoric ester groups is 1. The molecule has 2 bridgehead atoms. The first-order chi connectivity index (χ1) is 33.6. The highest BCUT2D eigenvalue weighted by molar-refractivity contribution is 8.56. The molecule has 0 radical (unpaired) electrons. The maximum atomic E-state index is 16.7. The summed E-state index contributed by atoms with van der Waals surface area (Å²) in [5.74, 6) is -0.951. The quantitative estimate of drug-likeness (QED) is 0.0523. The highest BCUT2D eigenvalue weighted by Gasteiger charge is 2.54. The molecular formula is C41H44F2N10O14P2S. The molecule has 3 unspecified atom stereocenters. The van der Waals surface area contributed by atoms with E-state index in [1.54, 1.807) is 12.1 Å². The smallest absolute Gasteiger partial charge is 0.427 e. The van der Waals surface area contributed by atoms with Crippen LogP contribution in [0.1, 0.15) is 61.0 Å². The van der Waals surface area contributed by atoms with Gasteiger partial charge in [0, 0.05) is 12.2 Å². The molecule has 0 aliphatic carbocycles. The average molecular weight is 1030 g/mol. The molecule has 24 nitrogen and oxygen atoms in total. The number of alkyl halides is 2. The maximum absolute atomic E-state index is 16.7. The highest BCUT2D eigenvalue weighted by Crippen LogP contribution is 2.62. The second-order valence-corrected chi connectivity index (χ2v) is 22.3. The Balaban J connectivity index is 0.943. The Morgan fingerprint density at radius 2 is 1.54 bits per heavy atom. The monoisotopic (exact) mass is 1030 g/mol. The lowest BCUT2D eigenvalue weighted by Gasteiger charge is -2.26. The number of halogens is 2. The molecule has 6 N–H and O–H groups in total. The van der Waals surface area contributed by atoms with Crippen molar-refractivity contribution < 1.29 is 69.6 Å². The molecule has 0 amide bonds. The van der Waals surface area contributed by atoms with Crippen molar-refractivity contribution in [2.24, 2.45) is 0 Å². The number of nitrogens with two attached hydrogens (primary N) is 2. The van der Waals surface area contributed by atoms with Crippen LogP contribution in [0.3, 0.4) is 0 Å². The number of esters is 2. The van der Waals surface area contributed by atoms with E-state index >= 15 is 8.78 Å². The normalized spacial score (nSPS) is 28.3. The molecule has 0 saturated carbocycles. The zero-order chi connectivity index (χ0) is 49.3. The number of benzene rings is 2. The predicted octanol–water partition coefficient (Wildman–Crippen LogP) is 5.30. The second-order valence-electron chi connectivity index (χ2n) is 16.1. The molecule has 0 spiro atoms. The Morgan fingerprint density at radius 3 is 2.30 bits per heavy atom. The Morgan fingerprint density at radius 1 is 0.857 bits per heavy atom. The maximum Gasteiger partial charge on any atom is 0.472 e. The van der Waals surface area contributed by atoms with E-state index in [1.165, 1.54) is 47.3 Å². The number of imidazole rings is 2. The number of nitrogen functional groups attached to an aromatic ring is 2. The van der Waals surface area contributed by atoms with Gasteiger partial charge in [-0.05, 0) is 48.4 Å². The summed E-state index contributed by atoms with van der Waals surface area (Å²) in [7, 11) is -5.29. The minimum atomic E-state index is -5.29. The molecule has 3 aliphatic heterocycles. The SMILES string of the molecule is CCCCCC(=O)Oc1ccc(C(=O)Oc2ccc(CSP3(=O)CO[C@H]4[C@@H](F)[C@H](n5cnc6c(N)ncnc65)O[C@@H]4COP(=O)(O)O[C@@H]4[C@H](F)C(CO3)O[C@H]4n3cnc4c(=O)[nH]c(N)nc43)cc2)cc1. The van der Waals surface area contributed by atoms with Crippen LogP contribution in [0.5, 0.6) is 11.5 Å². The number of hydrogen-bond acceptors (Lipinski definition) is 21. The van der Waals surface area contributed by atoms with E-state index < -0.39 is 94.7 Å². The fourth-order valence-electron chi connectivity index (χ4n) is 7.78. The van der Waals surface area contributed by atoms with Crippen LogP contribution in [0.15, 0.2) is 72.3 Å². The second kappa shape index (κ2) is 20.5. The first-order valence-corrected chi connectivity index (χ1v) is 26.5. The number of unbranched alkanes of at least 4 members (excludes halogenated alkanes) is 2. The van der Waals surface area contributed by atoms with Crippen LogP contribution in [0, 0.1) is 0 Å². The summed E-state index contributed by atoms with van der Waals surface area (Å²) < 4.78 is 110. The van der Waals surface area contributed by atoms with Crippen LogP contribution in [-0.4, -0.2) is 112 Å². The molecule has 29 heteroatoms. The number of phosphoric acid groups is 1. The van der Waals surface area contributed by atoms with Gasteiger partial charge in [-0.2, -0.15) is 4.98 Å². The number of carbonyl (C=O) groups excluding carboxylic acids is 2. The number of aromatic amines is 1. The summed E-state index contributed by atoms with van der Waals surface area (Å²) in [4.78, 5) is 71.2. The summed E-state index contributed by atoms with van der Waals surface area (Å²) >= 11 is 0.761. The van der Waals surface area contributed by atoms with E-state index in [9.17, 15) is 28.4 Å².